The van der Waals surface area contributed by atoms with Crippen molar-refractivity contribution in [2.75, 3.05) is 31.5 Å². The Morgan fingerprint density at radius 3 is 2.88 bits per heavy atom. The molecule has 0 amide bonds. The summed E-state index contributed by atoms with van der Waals surface area (Å²) in [5.41, 5.74) is 4.35. The van der Waals surface area contributed by atoms with Crippen molar-refractivity contribution in [1.82, 2.24) is 20.2 Å². The van der Waals surface area contributed by atoms with Crippen LogP contribution in [0.15, 0.2) is 54.7 Å². The van der Waals surface area contributed by atoms with E-state index in [1.165, 1.54) is 5.56 Å². The third-order valence-corrected chi connectivity index (χ3v) is 6.44. The van der Waals surface area contributed by atoms with Gasteiger partial charge in [0, 0.05) is 50.5 Å². The minimum absolute atomic E-state index is 0.100. The Hall–Kier alpha value is -2.67. The van der Waals surface area contributed by atoms with E-state index in [1.54, 1.807) is 18.3 Å². The minimum atomic E-state index is 0.100. The third-order valence-electron chi connectivity index (χ3n) is 6.14. The van der Waals surface area contributed by atoms with E-state index in [2.05, 4.69) is 58.6 Å². The molecule has 1 unspecified atom stereocenters. The van der Waals surface area contributed by atoms with E-state index in [4.69, 9.17) is 16.6 Å². The van der Waals surface area contributed by atoms with E-state index in [0.29, 0.717) is 29.5 Å². The Balaban J connectivity index is 1.41. The van der Waals surface area contributed by atoms with Gasteiger partial charge in [-0.25, -0.2) is 9.97 Å². The summed E-state index contributed by atoms with van der Waals surface area (Å²) in [4.78, 5) is 11.7. The van der Waals surface area contributed by atoms with E-state index in [0.717, 1.165) is 49.4 Å². The molecule has 33 heavy (non-hydrogen) atoms. The smallest absolute Gasteiger partial charge is 0.223 e. The van der Waals surface area contributed by atoms with Gasteiger partial charge < -0.3 is 15.7 Å². The number of nitrogens with zero attached hydrogens (tertiary/aromatic N) is 3. The Bertz CT molecular complexity index is 1070. The second-order valence-electron chi connectivity index (χ2n) is 8.91. The molecule has 3 N–H and O–H groups in total. The molecule has 1 aliphatic heterocycles. The lowest BCUT2D eigenvalue weighted by Crippen LogP contribution is -2.52. The van der Waals surface area contributed by atoms with Gasteiger partial charge >= 0.3 is 0 Å². The third kappa shape index (κ3) is 6.22. The van der Waals surface area contributed by atoms with Crippen LogP contribution < -0.4 is 10.6 Å². The molecule has 6 nitrogen and oxygen atoms in total. The van der Waals surface area contributed by atoms with E-state index >= 15 is 0 Å². The van der Waals surface area contributed by atoms with Gasteiger partial charge in [0.05, 0.1) is 10.7 Å². The minimum Gasteiger partial charge on any atom is -0.506 e. The normalized spacial score (nSPS) is 16.8. The Kier molecular flexibility index (Phi) is 7.81. The highest BCUT2D eigenvalue weighted by molar-refractivity contribution is 6.32. The number of piperazine rings is 1. The summed E-state index contributed by atoms with van der Waals surface area (Å²) in [5, 5.41) is 16.7. The molecular formula is C26H32ClN5O. The molecule has 0 saturated carbocycles. The van der Waals surface area contributed by atoms with Crippen molar-refractivity contribution in [3.05, 3.63) is 70.9 Å². The molecule has 2 aromatic carbocycles. The van der Waals surface area contributed by atoms with Crippen LogP contribution in [-0.4, -0.2) is 52.2 Å². The lowest BCUT2D eigenvalue weighted by molar-refractivity contribution is 0.117. The molecular weight excluding hydrogens is 434 g/mol. The molecule has 0 bridgehead atoms. The zero-order valence-electron chi connectivity index (χ0n) is 19.3. The standard InChI is InChI=1S/C26H32ClN5O/c1-18(2)24-16-28-12-13-32(24)17-20-4-3-5-21(14-20)23-9-11-30-26(31-23)29-10-8-19-6-7-25(33)22(27)15-19/h3-7,9,11,14-15,18,24,28,33H,8,10,12-13,16-17H2,1-2H3,(H,29,30,31). The number of benzene rings is 2. The summed E-state index contributed by atoms with van der Waals surface area (Å²) in [6, 6.07) is 16.4. The SMILES string of the molecule is CC(C)C1CNCCN1Cc1cccc(-c2ccnc(NCCc3ccc(O)c(Cl)c3)n2)c1. The zero-order chi connectivity index (χ0) is 23.2. The molecule has 1 fully saturated rings. The summed E-state index contributed by atoms with van der Waals surface area (Å²) in [5.74, 6) is 1.32. The van der Waals surface area contributed by atoms with Crippen molar-refractivity contribution in [2.45, 2.75) is 32.9 Å². The highest BCUT2D eigenvalue weighted by atomic mass is 35.5. The highest BCUT2D eigenvalue weighted by Gasteiger charge is 2.24. The first-order valence-electron chi connectivity index (χ1n) is 11.6. The molecule has 1 saturated heterocycles. The Morgan fingerprint density at radius 1 is 1.18 bits per heavy atom. The zero-order valence-corrected chi connectivity index (χ0v) is 20.0. The number of phenolic OH excluding ortho intramolecular Hbond substituents is 1. The number of anilines is 1. The van der Waals surface area contributed by atoms with Gasteiger partial charge in [-0.05, 0) is 47.7 Å². The number of aromatic hydroxyl groups is 1. The van der Waals surface area contributed by atoms with Crippen LogP contribution in [0, 0.1) is 5.92 Å². The van der Waals surface area contributed by atoms with Gasteiger partial charge in [0.1, 0.15) is 5.75 Å². The number of phenols is 1. The predicted molar refractivity (Wildman–Crippen MR) is 135 cm³/mol. The monoisotopic (exact) mass is 465 g/mol. The Labute approximate surface area is 201 Å². The van der Waals surface area contributed by atoms with Crippen molar-refractivity contribution >= 4 is 17.5 Å². The largest absolute Gasteiger partial charge is 0.506 e. The molecule has 0 aliphatic carbocycles. The first kappa shape index (κ1) is 23.5. The fraction of sp³-hybridized carbons (Fsp3) is 0.385. The van der Waals surface area contributed by atoms with Crippen LogP contribution in [0.25, 0.3) is 11.3 Å². The van der Waals surface area contributed by atoms with Crippen molar-refractivity contribution in [3.63, 3.8) is 0 Å². The lowest BCUT2D eigenvalue weighted by atomic mass is 9.99. The predicted octanol–water partition coefficient (Wildman–Crippen LogP) is 4.59. The van der Waals surface area contributed by atoms with E-state index in [1.807, 2.05) is 12.1 Å². The quantitative estimate of drug-likeness (QED) is 0.452. The average molecular weight is 466 g/mol. The van der Waals surface area contributed by atoms with Gasteiger partial charge in [-0.15, -0.1) is 0 Å². The first-order chi connectivity index (χ1) is 16.0. The maximum Gasteiger partial charge on any atom is 0.223 e. The lowest BCUT2D eigenvalue weighted by Gasteiger charge is -2.38. The summed E-state index contributed by atoms with van der Waals surface area (Å²) in [6.07, 6.45) is 2.55. The van der Waals surface area contributed by atoms with Gasteiger partial charge in [-0.3, -0.25) is 4.90 Å². The number of nitrogens with one attached hydrogen (secondary N) is 2. The maximum absolute atomic E-state index is 9.56. The van der Waals surface area contributed by atoms with Crippen LogP contribution in [0.1, 0.15) is 25.0 Å². The van der Waals surface area contributed by atoms with Crippen molar-refractivity contribution in [1.29, 1.82) is 0 Å². The molecule has 1 aromatic heterocycles. The van der Waals surface area contributed by atoms with E-state index < -0.39 is 0 Å². The van der Waals surface area contributed by atoms with Crippen LogP contribution in [0.2, 0.25) is 5.02 Å². The number of rotatable bonds is 8. The summed E-state index contributed by atoms with van der Waals surface area (Å²) in [6.45, 7) is 9.38. The molecule has 0 spiro atoms. The van der Waals surface area contributed by atoms with E-state index in [9.17, 15) is 5.11 Å². The first-order valence-corrected chi connectivity index (χ1v) is 12.0. The van der Waals surface area contributed by atoms with Gasteiger partial charge in [0.2, 0.25) is 5.95 Å². The fourth-order valence-corrected chi connectivity index (χ4v) is 4.52. The molecule has 0 radical (unpaired) electrons. The highest BCUT2D eigenvalue weighted by Crippen LogP contribution is 2.24. The molecule has 1 atom stereocenters. The maximum atomic E-state index is 9.56. The number of halogens is 1. The van der Waals surface area contributed by atoms with Gasteiger partial charge in [-0.2, -0.15) is 0 Å². The summed E-state index contributed by atoms with van der Waals surface area (Å²) >= 11 is 5.99. The molecule has 174 valence electrons. The van der Waals surface area contributed by atoms with Crippen LogP contribution in [0.4, 0.5) is 5.95 Å². The van der Waals surface area contributed by atoms with Gasteiger partial charge in [0.15, 0.2) is 0 Å². The Morgan fingerprint density at radius 2 is 2.06 bits per heavy atom. The van der Waals surface area contributed by atoms with Crippen LogP contribution in [0.5, 0.6) is 5.75 Å². The summed E-state index contributed by atoms with van der Waals surface area (Å²) in [7, 11) is 0. The van der Waals surface area contributed by atoms with Crippen LogP contribution >= 0.6 is 11.6 Å². The molecule has 7 heteroatoms. The van der Waals surface area contributed by atoms with Gasteiger partial charge in [0.25, 0.3) is 0 Å². The number of hydrogen-bond acceptors (Lipinski definition) is 6. The second-order valence-corrected chi connectivity index (χ2v) is 9.32. The molecule has 2 heterocycles. The van der Waals surface area contributed by atoms with Crippen molar-refractivity contribution in [3.8, 4) is 17.0 Å². The number of hydrogen-bond donors (Lipinski definition) is 3. The van der Waals surface area contributed by atoms with Crippen LogP contribution in [0.3, 0.4) is 0 Å². The fourth-order valence-electron chi connectivity index (χ4n) is 4.31. The second kappa shape index (κ2) is 11.0. The molecule has 1 aliphatic rings. The van der Waals surface area contributed by atoms with Crippen molar-refractivity contribution < 1.29 is 5.11 Å². The average Bonchev–Trinajstić information content (AvgIpc) is 2.82. The number of aromatic nitrogens is 2. The topological polar surface area (TPSA) is 73.3 Å². The van der Waals surface area contributed by atoms with Gasteiger partial charge in [-0.1, -0.05) is 49.7 Å². The van der Waals surface area contributed by atoms with Crippen LogP contribution in [-0.2, 0) is 13.0 Å². The van der Waals surface area contributed by atoms with Crippen molar-refractivity contribution in [2.24, 2.45) is 5.92 Å². The summed E-state index contributed by atoms with van der Waals surface area (Å²) < 4.78 is 0. The molecule has 3 aromatic rings. The molecule has 4 rings (SSSR count). The van der Waals surface area contributed by atoms with E-state index in [-0.39, 0.29) is 5.75 Å².